The maximum Gasteiger partial charge on any atom is 0.0619 e. The Bertz CT molecular complexity index is 2830. The molecule has 0 bridgehead atoms. The van der Waals surface area contributed by atoms with Gasteiger partial charge >= 0.3 is 0 Å². The fraction of sp³-hybridized carbons (Fsp3) is 0. The molecule has 2 aromatic heterocycles. The van der Waals surface area contributed by atoms with Crippen molar-refractivity contribution >= 4 is 81.1 Å². The van der Waals surface area contributed by atoms with Crippen LogP contribution in [0.1, 0.15) is 0 Å². The molecule has 49 heavy (non-hydrogen) atoms. The lowest BCUT2D eigenvalue weighted by Gasteiger charge is -2.28. The van der Waals surface area contributed by atoms with Crippen molar-refractivity contribution in [3.05, 3.63) is 182 Å². The zero-order chi connectivity index (χ0) is 32.3. The van der Waals surface area contributed by atoms with Crippen LogP contribution < -0.4 is 4.90 Å². The minimum atomic E-state index is 1.11. The largest absolute Gasteiger partial charge is 0.310 e. The van der Waals surface area contributed by atoms with E-state index in [0.717, 1.165) is 22.7 Å². The van der Waals surface area contributed by atoms with Gasteiger partial charge in [-0.05, 0) is 65.5 Å². The predicted molar refractivity (Wildman–Crippen MR) is 211 cm³/mol. The molecule has 2 nitrogen and oxygen atoms in total. The molecule has 0 aliphatic carbocycles. The summed E-state index contributed by atoms with van der Waals surface area (Å²) in [6, 6.07) is 66.2. The van der Waals surface area contributed by atoms with Gasteiger partial charge in [0.1, 0.15) is 0 Å². The zero-order valence-electron chi connectivity index (χ0n) is 26.6. The Kier molecular flexibility index (Phi) is 6.39. The monoisotopic (exact) mass is 642 g/mol. The van der Waals surface area contributed by atoms with Gasteiger partial charge in [-0.25, -0.2) is 0 Å². The van der Waals surface area contributed by atoms with Crippen molar-refractivity contribution in [1.29, 1.82) is 0 Å². The number of fused-ring (bicyclic) bond motifs is 8. The molecule has 0 spiro atoms. The highest BCUT2D eigenvalue weighted by Crippen LogP contribution is 2.45. The van der Waals surface area contributed by atoms with Crippen LogP contribution in [0.4, 0.5) is 17.1 Å². The van der Waals surface area contributed by atoms with Crippen LogP contribution in [0, 0.1) is 0 Å². The number of thiophene rings is 1. The van der Waals surface area contributed by atoms with Crippen molar-refractivity contribution in [2.45, 2.75) is 0 Å². The lowest BCUT2D eigenvalue weighted by atomic mass is 10.0. The highest BCUT2D eigenvalue weighted by atomic mass is 32.1. The zero-order valence-corrected chi connectivity index (χ0v) is 27.4. The lowest BCUT2D eigenvalue weighted by Crippen LogP contribution is -2.11. The van der Waals surface area contributed by atoms with Gasteiger partial charge in [0.2, 0.25) is 0 Å². The molecule has 3 heteroatoms. The van der Waals surface area contributed by atoms with Gasteiger partial charge in [0, 0.05) is 59.0 Å². The molecule has 0 N–H and O–H groups in total. The summed E-state index contributed by atoms with van der Waals surface area (Å²) in [5.41, 5.74) is 9.33. The quantitative estimate of drug-likeness (QED) is 0.181. The van der Waals surface area contributed by atoms with Gasteiger partial charge < -0.3 is 9.47 Å². The van der Waals surface area contributed by atoms with Crippen molar-refractivity contribution in [2.75, 3.05) is 4.90 Å². The summed E-state index contributed by atoms with van der Waals surface area (Å²) in [6.07, 6.45) is 0. The van der Waals surface area contributed by atoms with Crippen LogP contribution in [0.25, 0.3) is 69.6 Å². The third kappa shape index (κ3) is 4.47. The fourth-order valence-corrected chi connectivity index (χ4v) is 8.65. The molecule has 0 aliphatic heterocycles. The number of rotatable bonds is 5. The first kappa shape index (κ1) is 27.9. The minimum absolute atomic E-state index is 1.11. The molecule has 0 fully saturated rings. The Hall–Kier alpha value is -6.16. The molecule has 10 aromatic rings. The average Bonchev–Trinajstić information content (AvgIpc) is 3.71. The van der Waals surface area contributed by atoms with E-state index in [9.17, 15) is 0 Å². The number of benzene rings is 8. The van der Waals surface area contributed by atoms with E-state index in [2.05, 4.69) is 191 Å². The van der Waals surface area contributed by atoms with E-state index >= 15 is 0 Å². The van der Waals surface area contributed by atoms with Crippen LogP contribution in [0.3, 0.4) is 0 Å². The van der Waals surface area contributed by atoms with Crippen LogP contribution >= 0.6 is 11.3 Å². The van der Waals surface area contributed by atoms with Crippen molar-refractivity contribution in [3.8, 4) is 16.8 Å². The van der Waals surface area contributed by atoms with Crippen LogP contribution in [-0.4, -0.2) is 4.57 Å². The van der Waals surface area contributed by atoms with E-state index in [1.807, 2.05) is 11.3 Å². The molecule has 10 rings (SSSR count). The molecule has 0 radical (unpaired) electrons. The highest BCUT2D eigenvalue weighted by Gasteiger charge is 2.21. The van der Waals surface area contributed by atoms with E-state index in [1.165, 1.54) is 63.9 Å². The summed E-state index contributed by atoms with van der Waals surface area (Å²) in [4.78, 5) is 2.44. The van der Waals surface area contributed by atoms with Crippen LogP contribution in [0.15, 0.2) is 182 Å². The molecular weight excluding hydrogens is 613 g/mol. The SMILES string of the molecule is c1ccc(-c2ccccc2N(c2ccc3sc4ccccc4c3c2)c2ccc3c4ccc5ccccc5c4n(-c4ccccc4)c3c2)cc1. The number of hydrogen-bond acceptors (Lipinski definition) is 2. The molecular formula is C46H30N2S. The first-order valence-corrected chi connectivity index (χ1v) is 17.5. The highest BCUT2D eigenvalue weighted by molar-refractivity contribution is 7.25. The molecule has 2 heterocycles. The molecule has 0 saturated carbocycles. The van der Waals surface area contributed by atoms with Crippen molar-refractivity contribution in [3.63, 3.8) is 0 Å². The van der Waals surface area contributed by atoms with Gasteiger partial charge in [-0.1, -0.05) is 127 Å². The van der Waals surface area contributed by atoms with Gasteiger partial charge in [0.05, 0.1) is 16.7 Å². The van der Waals surface area contributed by atoms with Crippen molar-refractivity contribution in [2.24, 2.45) is 0 Å². The Morgan fingerprint density at radius 3 is 1.96 bits per heavy atom. The molecule has 0 unspecified atom stereocenters. The Morgan fingerprint density at radius 1 is 0.429 bits per heavy atom. The second-order valence-electron chi connectivity index (χ2n) is 12.6. The summed E-state index contributed by atoms with van der Waals surface area (Å²) in [5, 5.41) is 7.57. The van der Waals surface area contributed by atoms with E-state index in [4.69, 9.17) is 0 Å². The van der Waals surface area contributed by atoms with E-state index in [1.54, 1.807) is 0 Å². The van der Waals surface area contributed by atoms with E-state index < -0.39 is 0 Å². The Morgan fingerprint density at radius 2 is 1.08 bits per heavy atom. The number of para-hydroxylation sites is 2. The number of hydrogen-bond donors (Lipinski definition) is 0. The normalized spacial score (nSPS) is 11.7. The second-order valence-corrected chi connectivity index (χ2v) is 13.6. The average molecular weight is 643 g/mol. The van der Waals surface area contributed by atoms with Crippen molar-refractivity contribution in [1.82, 2.24) is 4.57 Å². The molecule has 0 atom stereocenters. The van der Waals surface area contributed by atoms with Gasteiger partial charge in [0.25, 0.3) is 0 Å². The Labute approximate surface area is 288 Å². The molecule has 0 aliphatic rings. The summed E-state index contributed by atoms with van der Waals surface area (Å²) in [5.74, 6) is 0. The van der Waals surface area contributed by atoms with E-state index in [-0.39, 0.29) is 0 Å². The summed E-state index contributed by atoms with van der Waals surface area (Å²) >= 11 is 1.86. The molecule has 8 aromatic carbocycles. The van der Waals surface area contributed by atoms with Gasteiger partial charge in [-0.3, -0.25) is 0 Å². The minimum Gasteiger partial charge on any atom is -0.310 e. The maximum atomic E-state index is 2.45. The topological polar surface area (TPSA) is 8.17 Å². The first-order valence-electron chi connectivity index (χ1n) is 16.7. The Balaban J connectivity index is 1.29. The number of aromatic nitrogens is 1. The second kappa shape index (κ2) is 11.2. The van der Waals surface area contributed by atoms with E-state index in [0.29, 0.717) is 0 Å². The summed E-state index contributed by atoms with van der Waals surface area (Å²) in [7, 11) is 0. The predicted octanol–water partition coefficient (Wildman–Crippen LogP) is 13.4. The smallest absolute Gasteiger partial charge is 0.0619 e. The standard InChI is InChI=1S/C46H30N2S/c1-3-13-31(14-4-1)36-18-9-11-21-42(36)47(34-25-28-45-41(29-34)39-20-10-12-22-44(39)49-45)35-24-27-38-40-26-23-32-15-7-8-19-37(32)46(40)48(43(38)30-35)33-16-5-2-6-17-33/h1-30H. The number of anilines is 3. The van der Waals surface area contributed by atoms with Crippen LogP contribution in [-0.2, 0) is 0 Å². The van der Waals surface area contributed by atoms with Gasteiger partial charge in [-0.15, -0.1) is 11.3 Å². The maximum absolute atomic E-state index is 2.45. The summed E-state index contributed by atoms with van der Waals surface area (Å²) in [6.45, 7) is 0. The number of nitrogens with zero attached hydrogens (tertiary/aromatic N) is 2. The molecule has 0 saturated heterocycles. The van der Waals surface area contributed by atoms with Gasteiger partial charge in [-0.2, -0.15) is 0 Å². The van der Waals surface area contributed by atoms with Crippen LogP contribution in [0.5, 0.6) is 0 Å². The fourth-order valence-electron chi connectivity index (χ4n) is 7.56. The molecule has 230 valence electrons. The third-order valence-corrected chi connectivity index (χ3v) is 10.9. The van der Waals surface area contributed by atoms with Gasteiger partial charge in [0.15, 0.2) is 0 Å². The summed E-state index contributed by atoms with van der Waals surface area (Å²) < 4.78 is 5.06. The molecule has 0 amide bonds. The van der Waals surface area contributed by atoms with Crippen molar-refractivity contribution < 1.29 is 0 Å². The lowest BCUT2D eigenvalue weighted by molar-refractivity contribution is 1.18. The third-order valence-electron chi connectivity index (χ3n) is 9.76. The first-order chi connectivity index (χ1) is 24.3. The van der Waals surface area contributed by atoms with Crippen LogP contribution in [0.2, 0.25) is 0 Å².